The normalized spacial score (nSPS) is 35.7. The van der Waals surface area contributed by atoms with E-state index in [0.29, 0.717) is 5.57 Å². The zero-order valence-corrected chi connectivity index (χ0v) is 15.5. The molecule has 0 bridgehead atoms. The molecule has 5 unspecified atom stereocenters. The van der Waals surface area contributed by atoms with E-state index in [1.165, 1.54) is 13.0 Å². The number of allylic oxidation sites excluding steroid dienone is 1. The van der Waals surface area contributed by atoms with Crippen LogP contribution in [-0.2, 0) is 23.9 Å². The van der Waals surface area contributed by atoms with Gasteiger partial charge in [-0.05, 0) is 25.5 Å². The molecule has 0 spiro atoms. The third kappa shape index (κ3) is 4.04. The molecule has 1 aliphatic heterocycles. The summed E-state index contributed by atoms with van der Waals surface area (Å²) in [5.41, 5.74) is -1.29. The van der Waals surface area contributed by atoms with Gasteiger partial charge in [0.05, 0.1) is 23.5 Å². The van der Waals surface area contributed by atoms with Gasteiger partial charge in [0.25, 0.3) is 0 Å². The van der Waals surface area contributed by atoms with E-state index in [9.17, 15) is 24.6 Å². The minimum Gasteiger partial charge on any atom is -0.461 e. The monoisotopic (exact) mass is 366 g/mol. The first-order valence-corrected chi connectivity index (χ1v) is 8.66. The third-order valence-corrected chi connectivity index (χ3v) is 4.97. The molecule has 0 aromatic rings. The van der Waals surface area contributed by atoms with Crippen molar-refractivity contribution in [1.82, 2.24) is 0 Å². The quantitative estimate of drug-likeness (QED) is 0.556. The largest absolute Gasteiger partial charge is 0.461 e. The maximum atomic E-state index is 12.2. The van der Waals surface area contributed by atoms with Gasteiger partial charge in [0.1, 0.15) is 12.2 Å². The molecule has 0 aromatic heterocycles. The molecule has 0 saturated carbocycles. The van der Waals surface area contributed by atoms with Crippen molar-refractivity contribution >= 4 is 17.7 Å². The summed E-state index contributed by atoms with van der Waals surface area (Å²) in [6.45, 7) is 9.99. The number of hydrogen-bond donors (Lipinski definition) is 2. The van der Waals surface area contributed by atoms with Crippen molar-refractivity contribution in [3.05, 3.63) is 23.8 Å². The van der Waals surface area contributed by atoms with Crippen molar-refractivity contribution < 1.29 is 34.1 Å². The smallest absolute Gasteiger partial charge is 0.334 e. The highest BCUT2D eigenvalue weighted by Gasteiger charge is 2.48. The van der Waals surface area contributed by atoms with Gasteiger partial charge in [-0.25, -0.2) is 4.79 Å². The lowest BCUT2D eigenvalue weighted by Crippen LogP contribution is -2.48. The van der Waals surface area contributed by atoms with Crippen molar-refractivity contribution in [2.45, 2.75) is 64.4 Å². The minimum absolute atomic E-state index is 0.110. The Balaban J connectivity index is 2.50. The van der Waals surface area contributed by atoms with Gasteiger partial charge < -0.3 is 19.7 Å². The second-order valence-corrected chi connectivity index (χ2v) is 7.61. The van der Waals surface area contributed by atoms with Crippen LogP contribution in [0.15, 0.2) is 23.8 Å². The molecule has 2 aliphatic rings. The van der Waals surface area contributed by atoms with Gasteiger partial charge >= 0.3 is 11.9 Å². The lowest BCUT2D eigenvalue weighted by atomic mass is 9.79. The summed E-state index contributed by atoms with van der Waals surface area (Å²) < 4.78 is 10.8. The summed E-state index contributed by atoms with van der Waals surface area (Å²) in [5, 5.41) is 21.0. The third-order valence-electron chi connectivity index (χ3n) is 4.97. The van der Waals surface area contributed by atoms with E-state index in [0.717, 1.165) is 0 Å². The van der Waals surface area contributed by atoms with Crippen LogP contribution in [0, 0.1) is 11.8 Å². The van der Waals surface area contributed by atoms with E-state index in [1.54, 1.807) is 20.8 Å². The molecule has 7 heteroatoms. The maximum Gasteiger partial charge on any atom is 0.334 e. The highest BCUT2D eigenvalue weighted by atomic mass is 16.6. The summed E-state index contributed by atoms with van der Waals surface area (Å²) in [6, 6.07) is 0. The van der Waals surface area contributed by atoms with Gasteiger partial charge in [-0.15, -0.1) is 0 Å². The SMILES string of the molecule is C=C1C(=O)OC2C=C(C)C(=O)CC(O)C(C)(O)CC(OC(=O)C(C)C)C12. The maximum absolute atomic E-state index is 12.2. The van der Waals surface area contributed by atoms with Crippen LogP contribution in [0.4, 0.5) is 0 Å². The average molecular weight is 366 g/mol. The first-order chi connectivity index (χ1) is 11.9. The van der Waals surface area contributed by atoms with Crippen LogP contribution >= 0.6 is 0 Å². The Labute approximate surface area is 152 Å². The van der Waals surface area contributed by atoms with Crippen molar-refractivity contribution in [2.75, 3.05) is 0 Å². The molecule has 1 fully saturated rings. The van der Waals surface area contributed by atoms with Crippen molar-refractivity contribution in [2.24, 2.45) is 11.8 Å². The van der Waals surface area contributed by atoms with Crippen molar-refractivity contribution in [3.63, 3.8) is 0 Å². The molecule has 26 heavy (non-hydrogen) atoms. The lowest BCUT2D eigenvalue weighted by Gasteiger charge is -2.36. The van der Waals surface area contributed by atoms with E-state index >= 15 is 0 Å². The predicted octanol–water partition coefficient (Wildman–Crippen LogP) is 1.07. The molecule has 0 amide bonds. The van der Waals surface area contributed by atoms with E-state index in [1.807, 2.05) is 0 Å². The Bertz CT molecular complexity index is 659. The first-order valence-electron chi connectivity index (χ1n) is 8.66. The fourth-order valence-electron chi connectivity index (χ4n) is 3.15. The predicted molar refractivity (Wildman–Crippen MR) is 91.9 cm³/mol. The second-order valence-electron chi connectivity index (χ2n) is 7.61. The molecule has 7 nitrogen and oxygen atoms in total. The standard InChI is InChI=1S/C19H26O7/c1-9(2)17(22)26-14-8-19(5,24)15(21)7-12(20)10(3)6-13-16(14)11(4)18(23)25-13/h6,9,13-16,21,24H,4,7-8H2,1-3,5H3. The van der Waals surface area contributed by atoms with E-state index < -0.39 is 47.7 Å². The Hall–Kier alpha value is -1.99. The summed E-state index contributed by atoms with van der Waals surface area (Å²) in [4.78, 5) is 36.4. The average Bonchev–Trinajstić information content (AvgIpc) is 2.79. The topological polar surface area (TPSA) is 110 Å². The molecule has 0 aromatic carbocycles. The number of aliphatic hydroxyl groups is 2. The summed E-state index contributed by atoms with van der Waals surface area (Å²) in [5.74, 6) is -2.65. The molecule has 1 heterocycles. The number of ether oxygens (including phenoxy) is 2. The van der Waals surface area contributed by atoms with Crippen LogP contribution in [-0.4, -0.2) is 51.8 Å². The molecule has 2 rings (SSSR count). The molecule has 1 aliphatic carbocycles. The van der Waals surface area contributed by atoms with Gasteiger partial charge in [0.15, 0.2) is 5.78 Å². The number of aliphatic hydroxyl groups excluding tert-OH is 1. The Morgan fingerprint density at radius 1 is 1.42 bits per heavy atom. The Morgan fingerprint density at radius 3 is 2.62 bits per heavy atom. The summed E-state index contributed by atoms with van der Waals surface area (Å²) in [7, 11) is 0. The number of esters is 2. The van der Waals surface area contributed by atoms with Gasteiger partial charge in [-0.1, -0.05) is 20.4 Å². The molecule has 1 saturated heterocycles. The second kappa shape index (κ2) is 7.32. The number of hydrogen-bond acceptors (Lipinski definition) is 7. The van der Waals surface area contributed by atoms with Crippen LogP contribution in [0.1, 0.15) is 40.5 Å². The fraction of sp³-hybridized carbons (Fsp3) is 0.632. The Kier molecular flexibility index (Phi) is 5.73. The molecule has 2 N–H and O–H groups in total. The first kappa shape index (κ1) is 20.3. The zero-order chi connectivity index (χ0) is 19.8. The summed E-state index contributed by atoms with van der Waals surface area (Å²) >= 11 is 0. The zero-order valence-electron chi connectivity index (χ0n) is 15.5. The van der Waals surface area contributed by atoms with Crippen LogP contribution in [0.25, 0.3) is 0 Å². The summed E-state index contributed by atoms with van der Waals surface area (Å²) in [6.07, 6.45) is -2.06. The molecular weight excluding hydrogens is 340 g/mol. The number of ketones is 1. The molecular formula is C19H26O7. The fourth-order valence-corrected chi connectivity index (χ4v) is 3.15. The highest BCUT2D eigenvalue weighted by molar-refractivity contribution is 5.96. The number of carbonyl (C=O) groups is 3. The number of rotatable bonds is 2. The number of Topliss-reactive ketones (excluding diaryl/α,β-unsaturated/α-hetero) is 1. The number of carbonyl (C=O) groups excluding carboxylic acids is 3. The van der Waals surface area contributed by atoms with Crippen molar-refractivity contribution in [1.29, 1.82) is 0 Å². The van der Waals surface area contributed by atoms with Gasteiger partial charge in [-0.3, -0.25) is 9.59 Å². The minimum atomic E-state index is -1.70. The van der Waals surface area contributed by atoms with Crippen LogP contribution in [0.3, 0.4) is 0 Å². The van der Waals surface area contributed by atoms with Crippen molar-refractivity contribution in [3.8, 4) is 0 Å². The molecule has 144 valence electrons. The van der Waals surface area contributed by atoms with Crippen LogP contribution < -0.4 is 0 Å². The molecule has 0 radical (unpaired) electrons. The van der Waals surface area contributed by atoms with Gasteiger partial charge in [0.2, 0.25) is 0 Å². The van der Waals surface area contributed by atoms with Crippen LogP contribution in [0.2, 0.25) is 0 Å². The van der Waals surface area contributed by atoms with E-state index in [2.05, 4.69) is 6.58 Å². The van der Waals surface area contributed by atoms with Gasteiger partial charge in [-0.2, -0.15) is 0 Å². The van der Waals surface area contributed by atoms with Crippen LogP contribution in [0.5, 0.6) is 0 Å². The number of fused-ring (bicyclic) bond motifs is 1. The van der Waals surface area contributed by atoms with E-state index in [-0.39, 0.29) is 24.2 Å². The molecule has 5 atom stereocenters. The van der Waals surface area contributed by atoms with Gasteiger partial charge in [0, 0.05) is 18.4 Å². The Morgan fingerprint density at radius 2 is 2.04 bits per heavy atom. The highest BCUT2D eigenvalue weighted by Crippen LogP contribution is 2.38. The lowest BCUT2D eigenvalue weighted by molar-refractivity contribution is -0.164. The van der Waals surface area contributed by atoms with E-state index in [4.69, 9.17) is 9.47 Å².